The number of anilines is 1. The lowest BCUT2D eigenvalue weighted by molar-refractivity contribution is 0.205. The van der Waals surface area contributed by atoms with Crippen molar-refractivity contribution in [2.45, 2.75) is 6.92 Å². The van der Waals surface area contributed by atoms with Crippen LogP contribution in [0, 0.1) is 0 Å². The minimum Gasteiger partial charge on any atom is -0.383 e. The highest BCUT2D eigenvalue weighted by Crippen LogP contribution is 2.13. The lowest BCUT2D eigenvalue weighted by Gasteiger charge is -2.21. The van der Waals surface area contributed by atoms with Crippen molar-refractivity contribution in [3.05, 3.63) is 17.0 Å². The summed E-state index contributed by atoms with van der Waals surface area (Å²) >= 11 is 3.32. The third kappa shape index (κ3) is 3.23. The zero-order valence-electron chi connectivity index (χ0n) is 8.40. The van der Waals surface area contributed by atoms with Gasteiger partial charge in [-0.2, -0.15) is 0 Å². The molecule has 0 aliphatic rings. The molecule has 0 fully saturated rings. The monoisotopic (exact) mass is 259 g/mol. The van der Waals surface area contributed by atoms with Crippen LogP contribution in [0.3, 0.4) is 0 Å². The molecule has 1 heterocycles. The standard InChI is InChI=1S/C9H14BrN3O/c1-3-13(4-5-14-2)9-6-8(10)11-7-12-9/h6-7H,3-5H2,1-2H3. The summed E-state index contributed by atoms with van der Waals surface area (Å²) in [6.45, 7) is 4.55. The number of rotatable bonds is 5. The first-order valence-electron chi connectivity index (χ1n) is 4.49. The van der Waals surface area contributed by atoms with E-state index >= 15 is 0 Å². The Morgan fingerprint density at radius 1 is 1.50 bits per heavy atom. The number of hydrogen-bond acceptors (Lipinski definition) is 4. The fourth-order valence-electron chi connectivity index (χ4n) is 1.13. The molecular weight excluding hydrogens is 246 g/mol. The van der Waals surface area contributed by atoms with Gasteiger partial charge in [0, 0.05) is 26.3 Å². The van der Waals surface area contributed by atoms with E-state index in [4.69, 9.17) is 4.74 Å². The van der Waals surface area contributed by atoms with Crippen molar-refractivity contribution in [2.24, 2.45) is 0 Å². The third-order valence-electron chi connectivity index (χ3n) is 1.89. The summed E-state index contributed by atoms with van der Waals surface area (Å²) < 4.78 is 5.83. The quantitative estimate of drug-likeness (QED) is 0.755. The lowest BCUT2D eigenvalue weighted by Crippen LogP contribution is -2.27. The van der Waals surface area contributed by atoms with Crippen LogP contribution in [0.1, 0.15) is 6.92 Å². The molecule has 0 radical (unpaired) electrons. The van der Waals surface area contributed by atoms with Gasteiger partial charge >= 0.3 is 0 Å². The summed E-state index contributed by atoms with van der Waals surface area (Å²) in [5, 5.41) is 0. The average molecular weight is 260 g/mol. The first kappa shape index (κ1) is 11.4. The van der Waals surface area contributed by atoms with Gasteiger partial charge in [0.1, 0.15) is 16.7 Å². The van der Waals surface area contributed by atoms with E-state index in [0.717, 1.165) is 23.5 Å². The first-order valence-corrected chi connectivity index (χ1v) is 5.28. The molecule has 0 unspecified atom stereocenters. The zero-order chi connectivity index (χ0) is 10.4. The second-order valence-electron chi connectivity index (χ2n) is 2.77. The smallest absolute Gasteiger partial charge is 0.133 e. The molecule has 0 spiro atoms. The minimum atomic E-state index is 0.704. The predicted octanol–water partition coefficient (Wildman–Crippen LogP) is 1.71. The Bertz CT molecular complexity index is 283. The summed E-state index contributed by atoms with van der Waals surface area (Å²) in [7, 11) is 1.70. The van der Waals surface area contributed by atoms with Gasteiger partial charge in [0.05, 0.1) is 6.61 Å². The van der Waals surface area contributed by atoms with Crippen LogP contribution >= 0.6 is 15.9 Å². The number of ether oxygens (including phenoxy) is 1. The van der Waals surface area contributed by atoms with Gasteiger partial charge in [-0.1, -0.05) is 0 Å². The maximum Gasteiger partial charge on any atom is 0.133 e. The molecule has 0 atom stereocenters. The molecule has 0 aliphatic carbocycles. The Kier molecular flexibility index (Phi) is 4.82. The fraction of sp³-hybridized carbons (Fsp3) is 0.556. The Balaban J connectivity index is 2.68. The Labute approximate surface area is 92.4 Å². The van der Waals surface area contributed by atoms with E-state index < -0.39 is 0 Å². The highest BCUT2D eigenvalue weighted by Gasteiger charge is 2.05. The van der Waals surface area contributed by atoms with Crippen LogP contribution in [-0.2, 0) is 4.74 Å². The molecular formula is C9H14BrN3O. The Morgan fingerprint density at radius 2 is 2.29 bits per heavy atom. The fourth-order valence-corrected chi connectivity index (χ4v) is 1.43. The molecule has 1 rings (SSSR count). The molecule has 0 bridgehead atoms. The summed E-state index contributed by atoms with van der Waals surface area (Å²) in [6, 6.07) is 1.90. The number of likely N-dealkylation sites (N-methyl/N-ethyl adjacent to an activating group) is 1. The van der Waals surface area contributed by atoms with Crippen LogP contribution in [0.25, 0.3) is 0 Å². The van der Waals surface area contributed by atoms with Crippen LogP contribution in [-0.4, -0.2) is 36.8 Å². The van der Waals surface area contributed by atoms with Crippen molar-refractivity contribution in [2.75, 3.05) is 31.7 Å². The van der Waals surface area contributed by atoms with Crippen LogP contribution in [0.4, 0.5) is 5.82 Å². The molecule has 0 aliphatic heterocycles. The van der Waals surface area contributed by atoms with Crippen LogP contribution in [0.2, 0.25) is 0 Å². The van der Waals surface area contributed by atoms with Gasteiger partial charge in [0.25, 0.3) is 0 Å². The molecule has 1 aromatic rings. The SMILES string of the molecule is CCN(CCOC)c1cc(Br)ncn1. The van der Waals surface area contributed by atoms with Gasteiger partial charge in [-0.05, 0) is 22.9 Å². The zero-order valence-corrected chi connectivity index (χ0v) is 9.99. The second-order valence-corrected chi connectivity index (χ2v) is 3.58. The molecule has 5 heteroatoms. The second kappa shape index (κ2) is 5.93. The van der Waals surface area contributed by atoms with Crippen molar-refractivity contribution in [3.63, 3.8) is 0 Å². The maximum absolute atomic E-state index is 5.03. The maximum atomic E-state index is 5.03. The minimum absolute atomic E-state index is 0.704. The van der Waals surface area contributed by atoms with Crippen molar-refractivity contribution in [1.82, 2.24) is 9.97 Å². The van der Waals surface area contributed by atoms with E-state index in [0.29, 0.717) is 6.61 Å². The molecule has 0 N–H and O–H groups in total. The predicted molar refractivity (Wildman–Crippen MR) is 59.5 cm³/mol. The Hall–Kier alpha value is -0.680. The molecule has 0 amide bonds. The van der Waals surface area contributed by atoms with Gasteiger partial charge in [0.2, 0.25) is 0 Å². The average Bonchev–Trinajstić information content (AvgIpc) is 2.19. The Morgan fingerprint density at radius 3 is 2.86 bits per heavy atom. The molecule has 14 heavy (non-hydrogen) atoms. The van der Waals surface area contributed by atoms with E-state index in [1.807, 2.05) is 6.07 Å². The van der Waals surface area contributed by atoms with Crippen LogP contribution in [0.15, 0.2) is 17.0 Å². The number of aromatic nitrogens is 2. The molecule has 4 nitrogen and oxygen atoms in total. The van der Waals surface area contributed by atoms with Crippen LogP contribution < -0.4 is 4.90 Å². The van der Waals surface area contributed by atoms with Gasteiger partial charge < -0.3 is 9.64 Å². The van der Waals surface area contributed by atoms with Gasteiger partial charge in [-0.3, -0.25) is 0 Å². The highest BCUT2D eigenvalue weighted by molar-refractivity contribution is 9.10. The largest absolute Gasteiger partial charge is 0.383 e. The van der Waals surface area contributed by atoms with Crippen molar-refractivity contribution in [1.29, 1.82) is 0 Å². The van der Waals surface area contributed by atoms with Gasteiger partial charge in [-0.15, -0.1) is 0 Å². The molecule has 78 valence electrons. The summed E-state index contributed by atoms with van der Waals surface area (Å²) in [4.78, 5) is 10.3. The number of hydrogen-bond donors (Lipinski definition) is 0. The van der Waals surface area contributed by atoms with E-state index in [1.54, 1.807) is 13.4 Å². The van der Waals surface area contributed by atoms with Gasteiger partial charge in [-0.25, -0.2) is 9.97 Å². The van der Waals surface area contributed by atoms with E-state index in [-0.39, 0.29) is 0 Å². The molecule has 0 saturated carbocycles. The molecule has 0 saturated heterocycles. The van der Waals surface area contributed by atoms with Crippen molar-refractivity contribution < 1.29 is 4.74 Å². The highest BCUT2D eigenvalue weighted by atomic mass is 79.9. The van der Waals surface area contributed by atoms with Crippen molar-refractivity contribution in [3.8, 4) is 0 Å². The molecule has 0 aromatic carbocycles. The first-order chi connectivity index (χ1) is 6.77. The van der Waals surface area contributed by atoms with E-state index in [1.165, 1.54) is 0 Å². The van der Waals surface area contributed by atoms with E-state index in [2.05, 4.69) is 37.7 Å². The van der Waals surface area contributed by atoms with Crippen molar-refractivity contribution >= 4 is 21.7 Å². The topological polar surface area (TPSA) is 38.2 Å². The number of nitrogens with zero attached hydrogens (tertiary/aromatic N) is 3. The number of methoxy groups -OCH3 is 1. The lowest BCUT2D eigenvalue weighted by atomic mass is 10.4. The molecule has 1 aromatic heterocycles. The summed E-state index contributed by atoms with van der Waals surface area (Å²) in [5.41, 5.74) is 0. The summed E-state index contributed by atoms with van der Waals surface area (Å²) in [5.74, 6) is 0.923. The van der Waals surface area contributed by atoms with Crippen LogP contribution in [0.5, 0.6) is 0 Å². The normalized spacial score (nSPS) is 10.2. The number of halogens is 1. The summed E-state index contributed by atoms with van der Waals surface area (Å²) in [6.07, 6.45) is 1.55. The third-order valence-corrected chi connectivity index (χ3v) is 2.32. The van der Waals surface area contributed by atoms with E-state index in [9.17, 15) is 0 Å². The van der Waals surface area contributed by atoms with Gasteiger partial charge in [0.15, 0.2) is 0 Å².